The fraction of sp³-hybridized carbons (Fsp3) is 0.812. The average molecular weight is 309 g/mol. The van der Waals surface area contributed by atoms with Gasteiger partial charge in [0.1, 0.15) is 0 Å². The van der Waals surface area contributed by atoms with Crippen LogP contribution < -0.4 is 10.2 Å². The van der Waals surface area contributed by atoms with Gasteiger partial charge in [-0.1, -0.05) is 20.8 Å². The molecule has 1 aromatic rings. The van der Waals surface area contributed by atoms with Gasteiger partial charge in [0.2, 0.25) is 0 Å². The first-order valence-corrected chi connectivity index (χ1v) is 9.08. The van der Waals surface area contributed by atoms with E-state index in [-0.39, 0.29) is 0 Å². The lowest BCUT2D eigenvalue weighted by Crippen LogP contribution is -2.42. The second kappa shape index (κ2) is 6.63. The van der Waals surface area contributed by atoms with Crippen LogP contribution in [-0.4, -0.2) is 36.8 Å². The highest BCUT2D eigenvalue weighted by Crippen LogP contribution is 2.32. The number of ether oxygens (including phenoxy) is 1. The van der Waals surface area contributed by atoms with Crippen molar-refractivity contribution in [1.82, 2.24) is 10.3 Å². The first kappa shape index (κ1) is 15.3. The molecule has 1 aliphatic carbocycles. The quantitative estimate of drug-likeness (QED) is 0.876. The fourth-order valence-corrected chi connectivity index (χ4v) is 3.93. The highest BCUT2D eigenvalue weighted by molar-refractivity contribution is 7.15. The van der Waals surface area contributed by atoms with Crippen LogP contribution in [0, 0.1) is 0 Å². The predicted octanol–water partition coefficient (Wildman–Crippen LogP) is 3.13. The number of anilines is 1. The Kier molecular flexibility index (Phi) is 4.82. The van der Waals surface area contributed by atoms with E-state index in [0.29, 0.717) is 12.0 Å². The minimum Gasteiger partial charge on any atom is -0.375 e. The van der Waals surface area contributed by atoms with Crippen molar-refractivity contribution in [3.63, 3.8) is 0 Å². The van der Waals surface area contributed by atoms with Crippen molar-refractivity contribution in [2.24, 2.45) is 0 Å². The summed E-state index contributed by atoms with van der Waals surface area (Å²) in [5.74, 6) is 0.494. The third kappa shape index (κ3) is 3.76. The zero-order valence-corrected chi connectivity index (χ0v) is 14.2. The molecule has 21 heavy (non-hydrogen) atoms. The molecule has 0 amide bonds. The van der Waals surface area contributed by atoms with Gasteiger partial charge in [0.05, 0.1) is 18.4 Å². The Labute approximate surface area is 131 Å². The second-order valence-electron chi connectivity index (χ2n) is 6.46. The van der Waals surface area contributed by atoms with Crippen molar-refractivity contribution >= 4 is 16.5 Å². The highest BCUT2D eigenvalue weighted by Gasteiger charge is 2.25. The number of aromatic nitrogens is 1. The van der Waals surface area contributed by atoms with E-state index in [0.717, 1.165) is 38.7 Å². The molecule has 2 fully saturated rings. The molecule has 5 heteroatoms. The first-order chi connectivity index (χ1) is 10.2. The summed E-state index contributed by atoms with van der Waals surface area (Å²) in [4.78, 5) is 8.78. The van der Waals surface area contributed by atoms with Gasteiger partial charge in [0, 0.05) is 30.6 Å². The minimum atomic E-state index is 0.359. The van der Waals surface area contributed by atoms with Crippen molar-refractivity contribution in [1.29, 1.82) is 0 Å². The van der Waals surface area contributed by atoms with E-state index in [2.05, 4.69) is 31.0 Å². The number of hydrogen-bond donors (Lipinski definition) is 1. The lowest BCUT2D eigenvalue weighted by molar-refractivity contribution is 0.0384. The molecule has 3 rings (SSSR count). The summed E-state index contributed by atoms with van der Waals surface area (Å²) >= 11 is 1.87. The molecular weight excluding hydrogens is 282 g/mol. The molecule has 0 spiro atoms. The van der Waals surface area contributed by atoms with Gasteiger partial charge in [-0.2, -0.15) is 0 Å². The Hall–Kier alpha value is -0.650. The Balaban J connectivity index is 1.73. The summed E-state index contributed by atoms with van der Waals surface area (Å²) in [5.41, 5.74) is 1.28. The van der Waals surface area contributed by atoms with Gasteiger partial charge in [-0.15, -0.1) is 11.3 Å². The SMILES string of the molecule is CCC1CN(c2nc(C(C)C)c(CNC3CC3)s2)CCO1. The van der Waals surface area contributed by atoms with Crippen LogP contribution in [0.25, 0.3) is 0 Å². The summed E-state index contributed by atoms with van der Waals surface area (Å²) in [5, 5.41) is 4.82. The molecule has 1 saturated heterocycles. The smallest absolute Gasteiger partial charge is 0.186 e. The maximum Gasteiger partial charge on any atom is 0.186 e. The molecule has 1 aromatic heterocycles. The van der Waals surface area contributed by atoms with Crippen molar-refractivity contribution < 1.29 is 4.74 Å². The second-order valence-corrected chi connectivity index (χ2v) is 7.52. The first-order valence-electron chi connectivity index (χ1n) is 8.27. The van der Waals surface area contributed by atoms with E-state index in [9.17, 15) is 0 Å². The highest BCUT2D eigenvalue weighted by atomic mass is 32.1. The molecule has 2 aliphatic rings. The normalized spacial score (nSPS) is 23.0. The van der Waals surface area contributed by atoms with Crippen molar-refractivity contribution in [2.45, 2.75) is 64.6 Å². The third-order valence-corrected chi connectivity index (χ3v) is 5.39. The van der Waals surface area contributed by atoms with Crippen LogP contribution in [0.2, 0.25) is 0 Å². The average Bonchev–Trinajstić information content (AvgIpc) is 3.22. The molecular formula is C16H27N3OS. The Morgan fingerprint density at radius 2 is 2.24 bits per heavy atom. The van der Waals surface area contributed by atoms with Crippen LogP contribution in [0.1, 0.15) is 56.5 Å². The molecule has 1 atom stereocenters. The van der Waals surface area contributed by atoms with Crippen molar-refractivity contribution in [3.05, 3.63) is 10.6 Å². The number of morpholine rings is 1. The lowest BCUT2D eigenvalue weighted by atomic mass is 10.1. The van der Waals surface area contributed by atoms with Crippen LogP contribution in [0.15, 0.2) is 0 Å². The Morgan fingerprint density at radius 3 is 2.90 bits per heavy atom. The van der Waals surface area contributed by atoms with Gasteiger partial charge in [0.25, 0.3) is 0 Å². The molecule has 0 bridgehead atoms. The van der Waals surface area contributed by atoms with E-state index in [4.69, 9.17) is 9.72 Å². The molecule has 118 valence electrons. The summed E-state index contributed by atoms with van der Waals surface area (Å²) in [7, 11) is 0. The van der Waals surface area contributed by atoms with Crippen LogP contribution >= 0.6 is 11.3 Å². The maximum absolute atomic E-state index is 5.77. The zero-order chi connectivity index (χ0) is 14.8. The summed E-state index contributed by atoms with van der Waals surface area (Å²) < 4.78 is 5.77. The maximum atomic E-state index is 5.77. The van der Waals surface area contributed by atoms with Crippen molar-refractivity contribution in [3.8, 4) is 0 Å². The van der Waals surface area contributed by atoms with Crippen LogP contribution in [0.4, 0.5) is 5.13 Å². The lowest BCUT2D eigenvalue weighted by Gasteiger charge is -2.32. The number of hydrogen-bond acceptors (Lipinski definition) is 5. The number of thiazole rings is 1. The Morgan fingerprint density at radius 1 is 1.43 bits per heavy atom. The summed E-state index contributed by atoms with van der Waals surface area (Å²) in [6.45, 7) is 10.4. The van der Waals surface area contributed by atoms with Gasteiger partial charge in [-0.05, 0) is 25.2 Å². The minimum absolute atomic E-state index is 0.359. The van der Waals surface area contributed by atoms with E-state index in [1.807, 2.05) is 11.3 Å². The molecule has 1 N–H and O–H groups in total. The number of rotatable bonds is 6. The van der Waals surface area contributed by atoms with Gasteiger partial charge in [0.15, 0.2) is 5.13 Å². The molecule has 4 nitrogen and oxygen atoms in total. The number of nitrogens with zero attached hydrogens (tertiary/aromatic N) is 2. The van der Waals surface area contributed by atoms with Crippen LogP contribution in [0.5, 0.6) is 0 Å². The van der Waals surface area contributed by atoms with Gasteiger partial charge in [-0.25, -0.2) is 4.98 Å². The molecule has 0 radical (unpaired) electrons. The van der Waals surface area contributed by atoms with Gasteiger partial charge >= 0.3 is 0 Å². The number of nitrogens with one attached hydrogen (secondary N) is 1. The Bertz CT molecular complexity index is 470. The van der Waals surface area contributed by atoms with Crippen LogP contribution in [-0.2, 0) is 11.3 Å². The molecule has 0 aromatic carbocycles. The molecule has 2 heterocycles. The van der Waals surface area contributed by atoms with E-state index >= 15 is 0 Å². The predicted molar refractivity (Wildman–Crippen MR) is 88.3 cm³/mol. The van der Waals surface area contributed by atoms with E-state index < -0.39 is 0 Å². The zero-order valence-electron chi connectivity index (χ0n) is 13.4. The molecule has 1 aliphatic heterocycles. The van der Waals surface area contributed by atoms with E-state index in [1.165, 1.54) is 28.5 Å². The van der Waals surface area contributed by atoms with Gasteiger partial charge in [-0.3, -0.25) is 0 Å². The standard InChI is InChI=1S/C16H27N3OS/c1-4-13-10-19(7-8-20-13)16-18-15(11(2)3)14(21-16)9-17-12-5-6-12/h11-13,17H,4-10H2,1-3H3. The molecule has 1 unspecified atom stereocenters. The van der Waals surface area contributed by atoms with Gasteiger partial charge < -0.3 is 15.0 Å². The third-order valence-electron chi connectivity index (χ3n) is 4.26. The summed E-state index contributed by atoms with van der Waals surface area (Å²) in [6, 6.07) is 0.753. The van der Waals surface area contributed by atoms with Crippen LogP contribution in [0.3, 0.4) is 0 Å². The molecule has 1 saturated carbocycles. The largest absolute Gasteiger partial charge is 0.375 e. The monoisotopic (exact) mass is 309 g/mol. The van der Waals surface area contributed by atoms with Crippen molar-refractivity contribution in [2.75, 3.05) is 24.6 Å². The fourth-order valence-electron chi connectivity index (χ4n) is 2.73. The topological polar surface area (TPSA) is 37.4 Å². The van der Waals surface area contributed by atoms with E-state index in [1.54, 1.807) is 0 Å². The summed E-state index contributed by atoms with van der Waals surface area (Å²) in [6.07, 6.45) is 4.11.